The summed E-state index contributed by atoms with van der Waals surface area (Å²) in [6, 6.07) is 20.2. The van der Waals surface area contributed by atoms with Crippen LogP contribution in [0.2, 0.25) is 0 Å². The molecule has 2 nitrogen and oxygen atoms in total. The second kappa shape index (κ2) is 7.83. The summed E-state index contributed by atoms with van der Waals surface area (Å²) in [5.41, 5.74) is 0.0820. The molecular formula is C20H14BrF3O2. The van der Waals surface area contributed by atoms with Gasteiger partial charge in [-0.1, -0.05) is 64.5 Å². The van der Waals surface area contributed by atoms with Crippen molar-refractivity contribution < 1.29 is 22.6 Å². The van der Waals surface area contributed by atoms with E-state index >= 15 is 0 Å². The zero-order valence-corrected chi connectivity index (χ0v) is 15.0. The third-order valence-corrected chi connectivity index (χ3v) is 4.23. The molecule has 0 aliphatic rings. The lowest BCUT2D eigenvalue weighted by Gasteiger charge is -2.17. The summed E-state index contributed by atoms with van der Waals surface area (Å²) in [4.78, 5) is 0. The molecule has 0 aromatic heterocycles. The lowest BCUT2D eigenvalue weighted by atomic mass is 10.2. The van der Waals surface area contributed by atoms with Crippen LogP contribution < -0.4 is 9.47 Å². The van der Waals surface area contributed by atoms with E-state index < -0.39 is 11.7 Å². The third-order valence-electron chi connectivity index (χ3n) is 3.57. The highest BCUT2D eigenvalue weighted by atomic mass is 79.9. The number of hydrogen-bond donors (Lipinski definition) is 0. The maximum atomic E-state index is 13.3. The van der Waals surface area contributed by atoms with Crippen molar-refractivity contribution >= 4 is 15.9 Å². The van der Waals surface area contributed by atoms with Gasteiger partial charge in [-0.15, -0.1) is 0 Å². The minimum absolute atomic E-state index is 0.0785. The Bertz CT molecular complexity index is 880. The molecule has 0 heterocycles. The molecule has 134 valence electrons. The Morgan fingerprint density at radius 2 is 1.35 bits per heavy atom. The van der Waals surface area contributed by atoms with E-state index in [0.29, 0.717) is 5.75 Å². The monoisotopic (exact) mass is 422 g/mol. The van der Waals surface area contributed by atoms with E-state index in [4.69, 9.17) is 9.47 Å². The predicted molar refractivity (Wildman–Crippen MR) is 96.4 cm³/mol. The van der Waals surface area contributed by atoms with E-state index in [1.54, 1.807) is 24.3 Å². The van der Waals surface area contributed by atoms with Crippen molar-refractivity contribution in [1.82, 2.24) is 0 Å². The van der Waals surface area contributed by atoms with Gasteiger partial charge in [0.25, 0.3) is 0 Å². The van der Waals surface area contributed by atoms with Gasteiger partial charge in [0.1, 0.15) is 17.9 Å². The normalized spacial score (nSPS) is 11.2. The van der Waals surface area contributed by atoms with Gasteiger partial charge in [-0.2, -0.15) is 13.2 Å². The van der Waals surface area contributed by atoms with Crippen LogP contribution in [-0.4, -0.2) is 0 Å². The zero-order chi connectivity index (χ0) is 18.6. The fourth-order valence-corrected chi connectivity index (χ4v) is 2.94. The first-order valence-electron chi connectivity index (χ1n) is 7.74. The minimum atomic E-state index is -4.55. The Balaban J connectivity index is 1.87. The lowest BCUT2D eigenvalue weighted by molar-refractivity contribution is -0.139. The van der Waals surface area contributed by atoms with Gasteiger partial charge < -0.3 is 9.47 Å². The van der Waals surface area contributed by atoms with Crippen molar-refractivity contribution in [3.8, 4) is 17.2 Å². The average molecular weight is 423 g/mol. The SMILES string of the molecule is FC(F)(F)c1c(Br)cccc1Oc1ccccc1OCc1ccccc1. The highest BCUT2D eigenvalue weighted by molar-refractivity contribution is 9.10. The van der Waals surface area contributed by atoms with E-state index in [1.165, 1.54) is 18.2 Å². The second-order valence-corrected chi connectivity index (χ2v) is 6.29. The summed E-state index contributed by atoms with van der Waals surface area (Å²) in [7, 11) is 0. The number of rotatable bonds is 5. The maximum Gasteiger partial charge on any atom is 0.421 e. The van der Waals surface area contributed by atoms with Crippen LogP contribution in [0.25, 0.3) is 0 Å². The van der Waals surface area contributed by atoms with Gasteiger partial charge in [0.15, 0.2) is 11.5 Å². The van der Waals surface area contributed by atoms with Crippen LogP contribution in [0, 0.1) is 0 Å². The van der Waals surface area contributed by atoms with Crippen molar-refractivity contribution in [2.24, 2.45) is 0 Å². The topological polar surface area (TPSA) is 18.5 Å². The average Bonchev–Trinajstić information content (AvgIpc) is 2.61. The largest absolute Gasteiger partial charge is 0.485 e. The Labute approximate surface area is 157 Å². The van der Waals surface area contributed by atoms with Crippen molar-refractivity contribution in [2.45, 2.75) is 12.8 Å². The Morgan fingerprint density at radius 1 is 0.731 bits per heavy atom. The van der Waals surface area contributed by atoms with Crippen LogP contribution >= 0.6 is 15.9 Å². The summed E-state index contributed by atoms with van der Waals surface area (Å²) < 4.78 is 51.2. The number of halogens is 4. The molecule has 0 saturated heterocycles. The Hall–Kier alpha value is -2.47. The molecule has 0 atom stereocenters. The zero-order valence-electron chi connectivity index (χ0n) is 13.5. The number of ether oxygens (including phenoxy) is 2. The molecular weight excluding hydrogens is 409 g/mol. The number of benzene rings is 3. The Morgan fingerprint density at radius 3 is 2.04 bits per heavy atom. The van der Waals surface area contributed by atoms with Gasteiger partial charge in [-0.25, -0.2) is 0 Å². The molecule has 0 amide bonds. The van der Waals surface area contributed by atoms with Gasteiger partial charge in [0.05, 0.1) is 0 Å². The first-order chi connectivity index (χ1) is 12.4. The van der Waals surface area contributed by atoms with E-state index in [0.717, 1.165) is 5.56 Å². The molecule has 3 aromatic rings. The molecule has 3 rings (SSSR count). The molecule has 0 fully saturated rings. The second-order valence-electron chi connectivity index (χ2n) is 5.43. The fraction of sp³-hybridized carbons (Fsp3) is 0.100. The molecule has 0 saturated carbocycles. The highest BCUT2D eigenvalue weighted by Gasteiger charge is 2.37. The van der Waals surface area contributed by atoms with Gasteiger partial charge in [-0.05, 0) is 29.8 Å². The molecule has 0 bridgehead atoms. The molecule has 0 aliphatic carbocycles. The van der Waals surface area contributed by atoms with E-state index in [1.807, 2.05) is 30.3 Å². The number of hydrogen-bond acceptors (Lipinski definition) is 2. The van der Waals surface area contributed by atoms with E-state index in [9.17, 15) is 13.2 Å². The first kappa shape index (κ1) is 18.3. The summed E-state index contributed by atoms with van der Waals surface area (Å²) in [6.45, 7) is 0.284. The summed E-state index contributed by atoms with van der Waals surface area (Å²) in [6.07, 6.45) is -4.55. The minimum Gasteiger partial charge on any atom is -0.485 e. The molecule has 26 heavy (non-hydrogen) atoms. The van der Waals surface area contributed by atoms with Crippen LogP contribution in [-0.2, 0) is 12.8 Å². The van der Waals surface area contributed by atoms with Gasteiger partial charge in [0, 0.05) is 4.47 Å². The van der Waals surface area contributed by atoms with Gasteiger partial charge in [-0.3, -0.25) is 0 Å². The predicted octanol–water partition coefficient (Wildman–Crippen LogP) is 6.84. The molecule has 0 radical (unpaired) electrons. The Kier molecular flexibility index (Phi) is 5.52. The number of para-hydroxylation sites is 2. The van der Waals surface area contributed by atoms with Crippen molar-refractivity contribution in [2.75, 3.05) is 0 Å². The summed E-state index contributed by atoms with van der Waals surface area (Å²) >= 11 is 2.94. The molecule has 0 N–H and O–H groups in total. The molecule has 0 spiro atoms. The third kappa shape index (κ3) is 4.38. The van der Waals surface area contributed by atoms with Crippen LogP contribution in [0.3, 0.4) is 0 Å². The molecule has 0 aliphatic heterocycles. The standard InChI is InChI=1S/C20H14BrF3O2/c21-15-9-6-12-18(19(15)20(22,23)24)26-17-11-5-4-10-16(17)25-13-14-7-2-1-3-8-14/h1-12H,13H2. The quantitative estimate of drug-likeness (QED) is 0.448. The van der Waals surface area contributed by atoms with Crippen LogP contribution in [0.5, 0.6) is 17.2 Å². The van der Waals surface area contributed by atoms with Crippen LogP contribution in [0.1, 0.15) is 11.1 Å². The van der Waals surface area contributed by atoms with Crippen LogP contribution in [0.15, 0.2) is 77.3 Å². The van der Waals surface area contributed by atoms with Crippen molar-refractivity contribution in [1.29, 1.82) is 0 Å². The molecule has 3 aromatic carbocycles. The first-order valence-corrected chi connectivity index (χ1v) is 8.54. The van der Waals surface area contributed by atoms with Gasteiger partial charge in [0.2, 0.25) is 0 Å². The molecule has 6 heteroatoms. The van der Waals surface area contributed by atoms with Gasteiger partial charge >= 0.3 is 6.18 Å². The van der Waals surface area contributed by atoms with E-state index in [-0.39, 0.29) is 22.6 Å². The fourth-order valence-electron chi connectivity index (χ4n) is 2.37. The molecule has 0 unspecified atom stereocenters. The summed E-state index contributed by atoms with van der Waals surface area (Å²) in [5, 5.41) is 0. The van der Waals surface area contributed by atoms with Crippen molar-refractivity contribution in [3.05, 3.63) is 88.4 Å². The lowest BCUT2D eigenvalue weighted by Crippen LogP contribution is -2.08. The van der Waals surface area contributed by atoms with Crippen molar-refractivity contribution in [3.63, 3.8) is 0 Å². The smallest absolute Gasteiger partial charge is 0.421 e. The number of alkyl halides is 3. The summed E-state index contributed by atoms with van der Waals surface area (Å²) in [5.74, 6) is 0.291. The van der Waals surface area contributed by atoms with E-state index in [2.05, 4.69) is 15.9 Å². The highest BCUT2D eigenvalue weighted by Crippen LogP contribution is 2.43. The maximum absolute atomic E-state index is 13.3. The van der Waals surface area contributed by atoms with Crippen LogP contribution in [0.4, 0.5) is 13.2 Å².